The fourth-order valence-corrected chi connectivity index (χ4v) is 4.02. The maximum atomic E-state index is 13.3. The molecule has 0 spiro atoms. The van der Waals surface area contributed by atoms with E-state index in [4.69, 9.17) is 23.8 Å². The molecule has 4 amide bonds. The van der Waals surface area contributed by atoms with Gasteiger partial charge in [-0.05, 0) is 36.5 Å². The second kappa shape index (κ2) is 7.93. The van der Waals surface area contributed by atoms with Gasteiger partial charge in [0.1, 0.15) is 12.2 Å². The van der Waals surface area contributed by atoms with Gasteiger partial charge in [-0.15, -0.1) is 0 Å². The normalized spacial score (nSPS) is 17.7. The number of anilines is 2. The van der Waals surface area contributed by atoms with Crippen molar-refractivity contribution in [1.29, 1.82) is 0 Å². The average molecular weight is 455 g/mol. The molecule has 8 nitrogen and oxygen atoms in total. The Morgan fingerprint density at radius 1 is 1.13 bits per heavy atom. The van der Waals surface area contributed by atoms with Crippen molar-refractivity contribution < 1.29 is 19.2 Å². The summed E-state index contributed by atoms with van der Waals surface area (Å²) in [4.78, 5) is 52.8. The van der Waals surface area contributed by atoms with E-state index in [1.807, 2.05) is 0 Å². The topological polar surface area (TPSA) is 98.8 Å². The number of amides is 4. The molecule has 2 N–H and O–H groups in total. The Bertz CT molecular complexity index is 1210. The summed E-state index contributed by atoms with van der Waals surface area (Å²) in [6.45, 7) is 0.944. The molecular weight excluding hydrogens is 440 g/mol. The molecule has 0 radical (unpaired) electrons. The number of fused-ring (bicyclic) bond motifs is 1. The summed E-state index contributed by atoms with van der Waals surface area (Å²) in [6, 6.07) is 13.3. The maximum Gasteiger partial charge on any atom is 0.275 e. The maximum absolute atomic E-state index is 13.3. The molecule has 0 bridgehead atoms. The van der Waals surface area contributed by atoms with Crippen LogP contribution in [0.4, 0.5) is 11.4 Å². The molecule has 0 aromatic heterocycles. The summed E-state index contributed by atoms with van der Waals surface area (Å²) in [6.07, 6.45) is 0. The van der Waals surface area contributed by atoms with Crippen LogP contribution in [0.3, 0.4) is 0 Å². The number of carbonyl (C=O) groups excluding carboxylic acids is 4. The lowest BCUT2D eigenvalue weighted by molar-refractivity contribution is -0.125. The summed E-state index contributed by atoms with van der Waals surface area (Å²) in [5, 5.41) is 5.45. The molecule has 4 rings (SSSR count). The predicted molar refractivity (Wildman–Crippen MR) is 119 cm³/mol. The van der Waals surface area contributed by atoms with Crippen LogP contribution in [-0.4, -0.2) is 40.2 Å². The number of hydrogen-bond acceptors (Lipinski definition) is 5. The minimum Gasteiger partial charge on any atom is -0.324 e. The molecule has 10 heteroatoms. The summed E-state index contributed by atoms with van der Waals surface area (Å²) < 4.78 is 0. The number of thiocarbonyl (C=S) groups is 1. The quantitative estimate of drug-likeness (QED) is 0.547. The minimum atomic E-state index is -0.649. The number of nitrogens with one attached hydrogen (secondary N) is 2. The zero-order valence-corrected chi connectivity index (χ0v) is 17.7. The van der Waals surface area contributed by atoms with Gasteiger partial charge in [-0.1, -0.05) is 35.9 Å². The van der Waals surface area contributed by atoms with Crippen molar-refractivity contribution in [3.05, 3.63) is 64.8 Å². The number of halogens is 1. The van der Waals surface area contributed by atoms with Crippen LogP contribution >= 0.6 is 23.8 Å². The van der Waals surface area contributed by atoms with Crippen LogP contribution in [0, 0.1) is 0 Å². The highest BCUT2D eigenvalue weighted by Crippen LogP contribution is 2.40. The Morgan fingerprint density at radius 2 is 1.87 bits per heavy atom. The van der Waals surface area contributed by atoms with Gasteiger partial charge in [0.15, 0.2) is 5.11 Å². The van der Waals surface area contributed by atoms with E-state index in [1.165, 1.54) is 11.8 Å². The van der Waals surface area contributed by atoms with E-state index in [2.05, 4.69) is 10.6 Å². The lowest BCUT2D eigenvalue weighted by atomic mass is 10.0. The highest BCUT2D eigenvalue weighted by Gasteiger charge is 2.43. The van der Waals surface area contributed by atoms with Gasteiger partial charge >= 0.3 is 0 Å². The van der Waals surface area contributed by atoms with Gasteiger partial charge in [0.2, 0.25) is 11.8 Å². The molecule has 2 aliphatic heterocycles. The lowest BCUT2D eigenvalue weighted by Crippen LogP contribution is -2.36. The van der Waals surface area contributed by atoms with E-state index in [-0.39, 0.29) is 22.9 Å². The summed E-state index contributed by atoms with van der Waals surface area (Å²) in [7, 11) is 0. The van der Waals surface area contributed by atoms with Gasteiger partial charge in [0.25, 0.3) is 11.8 Å². The molecule has 2 aromatic rings. The first-order valence-electron chi connectivity index (χ1n) is 9.15. The number of benzene rings is 2. The Kier molecular flexibility index (Phi) is 5.30. The highest BCUT2D eigenvalue weighted by molar-refractivity contribution is 7.80. The van der Waals surface area contributed by atoms with E-state index in [1.54, 1.807) is 48.5 Å². The third kappa shape index (κ3) is 3.69. The van der Waals surface area contributed by atoms with Gasteiger partial charge < -0.3 is 5.32 Å². The van der Waals surface area contributed by atoms with Crippen molar-refractivity contribution >= 4 is 69.5 Å². The second-order valence-corrected chi connectivity index (χ2v) is 7.63. The zero-order valence-electron chi connectivity index (χ0n) is 16.1. The smallest absolute Gasteiger partial charge is 0.275 e. The molecule has 2 aliphatic rings. The molecule has 0 unspecified atom stereocenters. The first-order chi connectivity index (χ1) is 14.8. The van der Waals surface area contributed by atoms with Crippen LogP contribution < -0.4 is 15.5 Å². The standard InChI is InChI=1S/C21H15ClN4O4S/c1-11(27)26-18(19(29)24-21(26)31)17-14-7-2-3-8-15(14)25(20(17)30)10-16(28)23-13-6-4-5-12(22)9-13/h2-9H,10H2,1H3,(H,23,28)(H,24,29,31)/b18-17-. The third-order valence-electron chi connectivity index (χ3n) is 4.75. The summed E-state index contributed by atoms with van der Waals surface area (Å²) in [5.41, 5.74) is 1.24. The average Bonchev–Trinajstić information content (AvgIpc) is 3.14. The van der Waals surface area contributed by atoms with E-state index in [0.717, 1.165) is 4.90 Å². The number of para-hydroxylation sites is 1. The van der Waals surface area contributed by atoms with Crippen molar-refractivity contribution in [2.75, 3.05) is 16.8 Å². The fraction of sp³-hybridized carbons (Fsp3) is 0.0952. The molecule has 31 heavy (non-hydrogen) atoms. The van der Waals surface area contributed by atoms with Crippen molar-refractivity contribution in [2.45, 2.75) is 6.92 Å². The summed E-state index contributed by atoms with van der Waals surface area (Å²) in [5.74, 6) is -2.19. The number of carbonyl (C=O) groups is 4. The first-order valence-corrected chi connectivity index (χ1v) is 9.93. The SMILES string of the molecule is CC(=O)N1C(=S)NC(=O)/C1=C1/C(=O)N(CC(=O)Nc2cccc(Cl)c2)c2ccccc21. The predicted octanol–water partition coefficient (Wildman–Crippen LogP) is 2.30. The van der Waals surface area contributed by atoms with Gasteiger partial charge in [-0.25, -0.2) is 0 Å². The van der Waals surface area contributed by atoms with Crippen molar-refractivity contribution in [3.63, 3.8) is 0 Å². The molecule has 0 saturated carbocycles. The number of nitrogens with zero attached hydrogens (tertiary/aromatic N) is 2. The van der Waals surface area contributed by atoms with Gasteiger partial charge in [-0.2, -0.15) is 0 Å². The molecule has 0 atom stereocenters. The van der Waals surface area contributed by atoms with Crippen LogP contribution in [0.5, 0.6) is 0 Å². The number of hydrogen-bond donors (Lipinski definition) is 2. The Hall–Kier alpha value is -3.56. The molecule has 2 heterocycles. The van der Waals surface area contributed by atoms with Gasteiger partial charge in [0.05, 0.1) is 11.3 Å². The fourth-order valence-electron chi connectivity index (χ4n) is 3.52. The highest BCUT2D eigenvalue weighted by atomic mass is 35.5. The van der Waals surface area contributed by atoms with Crippen LogP contribution in [-0.2, 0) is 19.2 Å². The molecule has 1 saturated heterocycles. The minimum absolute atomic E-state index is 0.0127. The van der Waals surface area contributed by atoms with E-state index < -0.39 is 23.6 Å². The van der Waals surface area contributed by atoms with Crippen LogP contribution in [0.2, 0.25) is 5.02 Å². The molecule has 0 aliphatic carbocycles. The van der Waals surface area contributed by atoms with E-state index in [9.17, 15) is 19.2 Å². The Balaban J connectivity index is 1.71. The zero-order chi connectivity index (χ0) is 22.3. The number of rotatable bonds is 3. The Labute approximate surface area is 187 Å². The monoisotopic (exact) mass is 454 g/mol. The van der Waals surface area contributed by atoms with Gasteiger partial charge in [0, 0.05) is 23.2 Å². The van der Waals surface area contributed by atoms with Crippen LogP contribution in [0.1, 0.15) is 12.5 Å². The lowest BCUT2D eigenvalue weighted by Gasteiger charge is -2.17. The Morgan fingerprint density at radius 3 is 2.58 bits per heavy atom. The van der Waals surface area contributed by atoms with Crippen LogP contribution in [0.25, 0.3) is 5.57 Å². The molecule has 1 fully saturated rings. The van der Waals surface area contributed by atoms with Crippen molar-refractivity contribution in [2.24, 2.45) is 0 Å². The van der Waals surface area contributed by atoms with E-state index in [0.29, 0.717) is 22.0 Å². The molecule has 156 valence electrons. The van der Waals surface area contributed by atoms with E-state index >= 15 is 0 Å². The largest absolute Gasteiger partial charge is 0.324 e. The second-order valence-electron chi connectivity index (χ2n) is 6.80. The van der Waals surface area contributed by atoms with Crippen molar-refractivity contribution in [3.8, 4) is 0 Å². The third-order valence-corrected chi connectivity index (χ3v) is 5.27. The van der Waals surface area contributed by atoms with Crippen molar-refractivity contribution in [1.82, 2.24) is 10.2 Å². The summed E-state index contributed by atoms with van der Waals surface area (Å²) >= 11 is 11.0. The van der Waals surface area contributed by atoms with Crippen LogP contribution in [0.15, 0.2) is 54.2 Å². The van der Waals surface area contributed by atoms with Gasteiger partial charge in [-0.3, -0.25) is 34.3 Å². The molecule has 2 aromatic carbocycles. The first kappa shape index (κ1) is 20.7. The molecular formula is C21H15ClN4O4S.